The minimum absolute atomic E-state index is 0.0493. The van der Waals surface area contributed by atoms with E-state index >= 15 is 0 Å². The van der Waals surface area contributed by atoms with E-state index in [2.05, 4.69) is 28.0 Å². The van der Waals surface area contributed by atoms with Gasteiger partial charge in [0.05, 0.1) is 0 Å². The van der Waals surface area contributed by atoms with Crippen LogP contribution >= 0.6 is 0 Å². The highest BCUT2D eigenvalue weighted by molar-refractivity contribution is 5.95. The van der Waals surface area contributed by atoms with E-state index in [1.54, 1.807) is 31.2 Å². The first-order valence-corrected chi connectivity index (χ1v) is 8.07. The summed E-state index contributed by atoms with van der Waals surface area (Å²) in [6.45, 7) is 1.79. The number of amides is 2. The van der Waals surface area contributed by atoms with Crippen LogP contribution in [0.3, 0.4) is 0 Å². The number of anilines is 1. The van der Waals surface area contributed by atoms with Crippen LogP contribution in [0.1, 0.15) is 36.5 Å². The second-order valence-corrected chi connectivity index (χ2v) is 6.14. The van der Waals surface area contributed by atoms with Crippen molar-refractivity contribution in [3.63, 3.8) is 0 Å². The van der Waals surface area contributed by atoms with Crippen LogP contribution in [0.2, 0.25) is 0 Å². The summed E-state index contributed by atoms with van der Waals surface area (Å²) in [6.07, 6.45) is 9.18. The van der Waals surface area contributed by atoms with Gasteiger partial charge in [-0.15, -0.1) is 0 Å². The van der Waals surface area contributed by atoms with Crippen LogP contribution in [-0.4, -0.2) is 18.0 Å². The van der Waals surface area contributed by atoms with Crippen LogP contribution in [-0.2, 0) is 4.79 Å². The third kappa shape index (κ3) is 3.67. The lowest BCUT2D eigenvalue weighted by atomic mass is 9.95. The Hall–Kier alpha value is -2.43. The molecule has 0 radical (unpaired) electrons. The van der Waals surface area contributed by atoms with E-state index in [1.807, 2.05) is 6.21 Å². The van der Waals surface area contributed by atoms with Crippen molar-refractivity contribution in [2.75, 3.05) is 5.32 Å². The molecule has 1 fully saturated rings. The quantitative estimate of drug-likeness (QED) is 0.498. The molecule has 2 bridgehead atoms. The van der Waals surface area contributed by atoms with E-state index in [0.717, 1.165) is 6.42 Å². The zero-order valence-corrected chi connectivity index (χ0v) is 13.2. The van der Waals surface area contributed by atoms with Gasteiger partial charge in [-0.3, -0.25) is 9.59 Å². The van der Waals surface area contributed by atoms with Gasteiger partial charge < -0.3 is 5.32 Å². The number of hydrogen-bond acceptors (Lipinski definition) is 3. The summed E-state index contributed by atoms with van der Waals surface area (Å²) in [5.41, 5.74) is 3.78. The van der Waals surface area contributed by atoms with Crippen LogP contribution in [0.5, 0.6) is 0 Å². The summed E-state index contributed by atoms with van der Waals surface area (Å²) in [5.74, 6) is 1.43. The Morgan fingerprint density at radius 3 is 2.61 bits per heavy atom. The minimum Gasteiger partial charge on any atom is -0.326 e. The summed E-state index contributed by atoms with van der Waals surface area (Å²) in [5, 5.41) is 6.85. The van der Waals surface area contributed by atoms with E-state index in [0.29, 0.717) is 35.4 Å². The number of fused-ring (bicyclic) bond motifs is 2. The van der Waals surface area contributed by atoms with Gasteiger partial charge in [-0.1, -0.05) is 19.1 Å². The Kier molecular flexibility index (Phi) is 4.55. The second kappa shape index (κ2) is 6.77. The molecule has 3 unspecified atom stereocenters. The summed E-state index contributed by atoms with van der Waals surface area (Å²) in [7, 11) is 0. The van der Waals surface area contributed by atoms with Gasteiger partial charge in [-0.25, -0.2) is 5.43 Å². The SMILES string of the molecule is CCC(=O)Nc1ccc(C(=O)N/N=C/C2CC3C=CC2C3)cc1. The topological polar surface area (TPSA) is 70.6 Å². The molecule has 0 saturated heterocycles. The van der Waals surface area contributed by atoms with Gasteiger partial charge in [0.15, 0.2) is 0 Å². The van der Waals surface area contributed by atoms with Crippen LogP contribution in [0.4, 0.5) is 5.69 Å². The molecule has 120 valence electrons. The average molecular weight is 311 g/mol. The van der Waals surface area contributed by atoms with E-state index in [1.165, 1.54) is 6.42 Å². The maximum absolute atomic E-state index is 12.0. The number of allylic oxidation sites excluding steroid dienone is 2. The molecule has 3 atom stereocenters. The molecule has 2 aliphatic rings. The average Bonchev–Trinajstić information content (AvgIpc) is 3.18. The zero-order chi connectivity index (χ0) is 16.2. The minimum atomic E-state index is -0.242. The molecule has 2 N–H and O–H groups in total. The summed E-state index contributed by atoms with van der Waals surface area (Å²) < 4.78 is 0. The van der Waals surface area contributed by atoms with Gasteiger partial charge in [-0.2, -0.15) is 5.10 Å². The van der Waals surface area contributed by atoms with Gasteiger partial charge in [0.1, 0.15) is 0 Å². The molecule has 1 saturated carbocycles. The first-order valence-electron chi connectivity index (χ1n) is 8.07. The molecule has 5 nitrogen and oxygen atoms in total. The van der Waals surface area contributed by atoms with E-state index in [4.69, 9.17) is 0 Å². The Morgan fingerprint density at radius 1 is 1.22 bits per heavy atom. The molecule has 23 heavy (non-hydrogen) atoms. The number of hydrogen-bond donors (Lipinski definition) is 2. The molecule has 5 heteroatoms. The highest BCUT2D eigenvalue weighted by atomic mass is 16.2. The van der Waals surface area contributed by atoms with Gasteiger partial charge >= 0.3 is 0 Å². The number of nitrogens with zero attached hydrogens (tertiary/aromatic N) is 1. The molecule has 3 rings (SSSR count). The Balaban J connectivity index is 1.52. The number of nitrogens with one attached hydrogen (secondary N) is 2. The van der Waals surface area contributed by atoms with Crippen LogP contribution in [0.15, 0.2) is 41.5 Å². The first-order chi connectivity index (χ1) is 11.2. The number of benzene rings is 1. The number of hydrazone groups is 1. The van der Waals surface area contributed by atoms with Crippen molar-refractivity contribution in [2.45, 2.75) is 26.2 Å². The van der Waals surface area contributed by atoms with Crippen molar-refractivity contribution in [1.82, 2.24) is 5.43 Å². The lowest BCUT2D eigenvalue weighted by Crippen LogP contribution is -2.19. The Morgan fingerprint density at radius 2 is 2.00 bits per heavy atom. The fraction of sp³-hybridized carbons (Fsp3) is 0.389. The van der Waals surface area contributed by atoms with Crippen molar-refractivity contribution in [3.05, 3.63) is 42.0 Å². The van der Waals surface area contributed by atoms with Crippen molar-refractivity contribution in [1.29, 1.82) is 0 Å². The fourth-order valence-electron chi connectivity index (χ4n) is 3.21. The Bertz CT molecular complexity index is 649. The third-order valence-corrected chi connectivity index (χ3v) is 4.51. The van der Waals surface area contributed by atoms with Gasteiger partial charge in [0.25, 0.3) is 5.91 Å². The molecule has 1 aromatic rings. The summed E-state index contributed by atoms with van der Waals surface area (Å²) >= 11 is 0. The fourth-order valence-corrected chi connectivity index (χ4v) is 3.21. The predicted molar refractivity (Wildman–Crippen MR) is 90.2 cm³/mol. The summed E-state index contributed by atoms with van der Waals surface area (Å²) in [4.78, 5) is 23.3. The molecule has 2 aliphatic carbocycles. The standard InChI is InChI=1S/C18H21N3O2/c1-2-17(22)20-16-7-5-13(6-8-16)18(23)21-19-11-15-10-12-3-4-14(15)9-12/h3-8,11-12,14-15H,2,9-10H2,1H3,(H,20,22)(H,21,23)/b19-11+. The Labute approximate surface area is 135 Å². The van der Waals surface area contributed by atoms with Gasteiger partial charge in [0, 0.05) is 29.8 Å². The third-order valence-electron chi connectivity index (χ3n) is 4.51. The van der Waals surface area contributed by atoms with E-state index < -0.39 is 0 Å². The van der Waals surface area contributed by atoms with Crippen LogP contribution in [0.25, 0.3) is 0 Å². The first kappa shape index (κ1) is 15.5. The van der Waals surface area contributed by atoms with Gasteiger partial charge in [0.2, 0.25) is 5.91 Å². The normalized spacial score (nSPS) is 25.0. The molecule has 2 amide bonds. The van der Waals surface area contributed by atoms with Gasteiger partial charge in [-0.05, 0) is 48.9 Å². The van der Waals surface area contributed by atoms with Crippen molar-refractivity contribution >= 4 is 23.7 Å². The summed E-state index contributed by atoms with van der Waals surface area (Å²) in [6, 6.07) is 6.78. The number of rotatable bonds is 5. The molecule has 0 aliphatic heterocycles. The molecular formula is C18H21N3O2. The lowest BCUT2D eigenvalue weighted by Gasteiger charge is -2.12. The van der Waals surface area contributed by atoms with Crippen molar-refractivity contribution < 1.29 is 9.59 Å². The number of carbonyl (C=O) groups is 2. The highest BCUT2D eigenvalue weighted by Crippen LogP contribution is 2.42. The maximum atomic E-state index is 12.0. The largest absolute Gasteiger partial charge is 0.326 e. The molecular weight excluding hydrogens is 290 g/mol. The zero-order valence-electron chi connectivity index (χ0n) is 13.2. The second-order valence-electron chi connectivity index (χ2n) is 6.14. The smallest absolute Gasteiger partial charge is 0.271 e. The van der Waals surface area contributed by atoms with E-state index in [-0.39, 0.29) is 11.8 Å². The van der Waals surface area contributed by atoms with E-state index in [9.17, 15) is 9.59 Å². The lowest BCUT2D eigenvalue weighted by molar-refractivity contribution is -0.115. The van der Waals surface area contributed by atoms with Crippen molar-refractivity contribution in [2.24, 2.45) is 22.9 Å². The maximum Gasteiger partial charge on any atom is 0.271 e. The van der Waals surface area contributed by atoms with Crippen molar-refractivity contribution in [3.8, 4) is 0 Å². The monoisotopic (exact) mass is 311 g/mol. The van der Waals surface area contributed by atoms with Crippen LogP contribution in [0, 0.1) is 17.8 Å². The predicted octanol–water partition coefficient (Wildman–Crippen LogP) is 2.96. The molecule has 0 spiro atoms. The molecule has 0 aromatic heterocycles. The molecule has 1 aromatic carbocycles. The highest BCUT2D eigenvalue weighted by Gasteiger charge is 2.34. The number of carbonyl (C=O) groups excluding carboxylic acids is 2. The van der Waals surface area contributed by atoms with Crippen LogP contribution < -0.4 is 10.7 Å². The molecule has 0 heterocycles.